The van der Waals surface area contributed by atoms with Crippen molar-refractivity contribution in [2.75, 3.05) is 19.4 Å². The topological polar surface area (TPSA) is 107 Å². The number of carbonyl (C=O) groups excluding carboxylic acids is 1. The van der Waals surface area contributed by atoms with Crippen molar-refractivity contribution in [1.29, 1.82) is 0 Å². The molecule has 3 aromatic heterocycles. The summed E-state index contributed by atoms with van der Waals surface area (Å²) in [6.07, 6.45) is 7.33. The second-order valence-electron chi connectivity index (χ2n) is 9.91. The van der Waals surface area contributed by atoms with E-state index in [1.165, 1.54) is 7.11 Å². The molecule has 0 atom stereocenters. The van der Waals surface area contributed by atoms with E-state index in [0.717, 1.165) is 70.4 Å². The molecule has 0 bridgehead atoms. The van der Waals surface area contributed by atoms with Crippen LogP contribution in [-0.4, -0.2) is 39.1 Å². The summed E-state index contributed by atoms with van der Waals surface area (Å²) in [4.78, 5) is 26.0. The molecule has 0 unspecified atom stereocenters. The first-order chi connectivity index (χ1) is 18.6. The van der Waals surface area contributed by atoms with Crippen LogP contribution in [0.1, 0.15) is 37.4 Å². The van der Waals surface area contributed by atoms with E-state index in [1.54, 1.807) is 6.20 Å². The number of rotatable bonds is 5. The third kappa shape index (κ3) is 4.53. The molecule has 2 aromatic carbocycles. The summed E-state index contributed by atoms with van der Waals surface area (Å²) in [6.45, 7) is 0.638. The first-order valence-electron chi connectivity index (χ1n) is 13.0. The Bertz CT molecular complexity index is 1610. The fourth-order valence-corrected chi connectivity index (χ4v) is 5.54. The predicted octanol–water partition coefficient (Wildman–Crippen LogP) is 5.82. The summed E-state index contributed by atoms with van der Waals surface area (Å²) in [5, 5.41) is 3.91. The van der Waals surface area contributed by atoms with Gasteiger partial charge in [0.25, 0.3) is 0 Å². The van der Waals surface area contributed by atoms with Crippen LogP contribution in [0.2, 0.25) is 0 Å². The van der Waals surface area contributed by atoms with Crippen LogP contribution in [0.3, 0.4) is 0 Å². The molecule has 1 amide bonds. The average molecular weight is 507 g/mol. The van der Waals surface area contributed by atoms with Crippen LogP contribution in [0, 0.1) is 5.92 Å². The van der Waals surface area contributed by atoms with Crippen molar-refractivity contribution in [1.82, 2.24) is 24.7 Å². The molecule has 3 N–H and O–H groups in total. The quantitative estimate of drug-likeness (QED) is 0.311. The summed E-state index contributed by atoms with van der Waals surface area (Å²) in [7, 11) is 1.39. The Hall–Kier alpha value is -4.46. The molecule has 0 saturated heterocycles. The zero-order valence-electron chi connectivity index (χ0n) is 21.3. The highest BCUT2D eigenvalue weighted by atomic mass is 16.5. The monoisotopic (exact) mass is 506 g/mol. The third-order valence-corrected chi connectivity index (χ3v) is 7.58. The highest BCUT2D eigenvalue weighted by Gasteiger charge is 2.28. The van der Waals surface area contributed by atoms with Crippen LogP contribution < -0.4 is 11.1 Å². The minimum atomic E-state index is -0.375. The normalized spacial score (nSPS) is 17.5. The summed E-state index contributed by atoms with van der Waals surface area (Å²) in [5.74, 6) is 2.21. The number of nitrogen functional groups attached to an aromatic ring is 1. The van der Waals surface area contributed by atoms with E-state index < -0.39 is 0 Å². The van der Waals surface area contributed by atoms with Crippen molar-refractivity contribution in [2.45, 2.75) is 31.6 Å². The smallest absolute Gasteiger partial charge is 0.406 e. The van der Waals surface area contributed by atoms with Gasteiger partial charge in [-0.3, -0.25) is 4.40 Å². The number of hydrogen-bond donors (Lipinski definition) is 2. The number of ether oxygens (including phenoxy) is 1. The van der Waals surface area contributed by atoms with Crippen LogP contribution in [0.25, 0.3) is 38.9 Å². The number of benzene rings is 2. The Kier molecular flexibility index (Phi) is 6.37. The number of carbonyl (C=O) groups is 1. The molecule has 1 saturated carbocycles. The van der Waals surface area contributed by atoms with Gasteiger partial charge in [0.1, 0.15) is 22.9 Å². The van der Waals surface area contributed by atoms with E-state index in [9.17, 15) is 4.79 Å². The van der Waals surface area contributed by atoms with Crippen LogP contribution in [0.15, 0.2) is 73.1 Å². The van der Waals surface area contributed by atoms with Crippen LogP contribution in [-0.2, 0) is 4.74 Å². The van der Waals surface area contributed by atoms with Gasteiger partial charge in [-0.25, -0.2) is 19.7 Å². The lowest BCUT2D eigenvalue weighted by atomic mass is 9.81. The predicted molar refractivity (Wildman–Crippen MR) is 149 cm³/mol. The molecule has 38 heavy (non-hydrogen) atoms. The lowest BCUT2D eigenvalue weighted by molar-refractivity contribution is 0.167. The number of amides is 1. The molecule has 1 aliphatic carbocycles. The number of alkyl carbamates (subject to hydrolysis) is 1. The first-order valence-corrected chi connectivity index (χ1v) is 13.0. The maximum absolute atomic E-state index is 11.5. The molecule has 1 aliphatic rings. The molecule has 8 nitrogen and oxygen atoms in total. The van der Waals surface area contributed by atoms with Gasteiger partial charge < -0.3 is 15.8 Å². The van der Waals surface area contributed by atoms with Gasteiger partial charge in [-0.05, 0) is 43.7 Å². The number of aromatic nitrogens is 4. The van der Waals surface area contributed by atoms with Crippen LogP contribution in [0.5, 0.6) is 0 Å². The van der Waals surface area contributed by atoms with E-state index in [4.69, 9.17) is 20.4 Å². The number of anilines is 1. The Morgan fingerprint density at radius 3 is 2.61 bits per heavy atom. The minimum absolute atomic E-state index is 0.302. The third-order valence-electron chi connectivity index (χ3n) is 7.58. The van der Waals surface area contributed by atoms with E-state index in [1.807, 2.05) is 24.4 Å². The van der Waals surface area contributed by atoms with Gasteiger partial charge in [0.2, 0.25) is 0 Å². The molecule has 5 aromatic rings. The number of nitrogens with two attached hydrogens (primary N) is 1. The lowest BCUT2D eigenvalue weighted by Gasteiger charge is -2.27. The van der Waals surface area contributed by atoms with E-state index in [2.05, 4.69) is 57.2 Å². The molecule has 8 heteroatoms. The average Bonchev–Trinajstić information content (AvgIpc) is 3.37. The van der Waals surface area contributed by atoms with Crippen molar-refractivity contribution < 1.29 is 9.53 Å². The number of nitrogens with zero attached hydrogens (tertiary/aromatic N) is 4. The first kappa shape index (κ1) is 23.9. The molecular weight excluding hydrogens is 476 g/mol. The molecule has 3 heterocycles. The second-order valence-corrected chi connectivity index (χ2v) is 9.91. The van der Waals surface area contributed by atoms with Gasteiger partial charge in [0.05, 0.1) is 18.3 Å². The standard InChI is InChI=1S/C30H30N6O2/c1-38-30(37)33-18-19-7-9-22(10-8-19)29-35-26(27-28(31)32-15-16-36(27)29)23-12-11-21-13-14-24(34-25(21)17-23)20-5-3-2-4-6-20/h2-6,11-17,19,22H,7-10,18H2,1H3,(H2,31,32)(H,33,37). The zero-order chi connectivity index (χ0) is 26.1. The summed E-state index contributed by atoms with van der Waals surface area (Å²) >= 11 is 0. The maximum atomic E-state index is 11.5. The second kappa shape index (κ2) is 10.1. The highest BCUT2D eigenvalue weighted by molar-refractivity contribution is 5.91. The number of pyridine rings is 1. The fraction of sp³-hybridized carbons (Fsp3) is 0.267. The summed E-state index contributed by atoms with van der Waals surface area (Å²) in [6, 6.07) is 20.6. The Labute approximate surface area is 220 Å². The Balaban J connectivity index is 1.34. The highest BCUT2D eigenvalue weighted by Crippen LogP contribution is 2.39. The molecule has 6 rings (SSSR count). The number of methoxy groups -OCH3 is 1. The van der Waals surface area contributed by atoms with Gasteiger partial charge in [0.15, 0.2) is 0 Å². The summed E-state index contributed by atoms with van der Waals surface area (Å²) < 4.78 is 6.81. The van der Waals surface area contributed by atoms with Crippen molar-refractivity contribution in [3.63, 3.8) is 0 Å². The number of fused-ring (bicyclic) bond motifs is 2. The molecule has 0 spiro atoms. The van der Waals surface area contributed by atoms with Gasteiger partial charge >= 0.3 is 6.09 Å². The number of hydrogen-bond acceptors (Lipinski definition) is 6. The fourth-order valence-electron chi connectivity index (χ4n) is 5.54. The van der Waals surface area contributed by atoms with Gasteiger partial charge in [-0.1, -0.05) is 48.5 Å². The SMILES string of the molecule is COC(=O)NCC1CCC(c2nc(-c3ccc4ccc(-c5ccccc5)nc4c3)c3c(N)nccn23)CC1. The maximum Gasteiger partial charge on any atom is 0.406 e. The molecule has 192 valence electrons. The molecule has 1 fully saturated rings. The minimum Gasteiger partial charge on any atom is -0.453 e. The largest absolute Gasteiger partial charge is 0.453 e. The summed E-state index contributed by atoms with van der Waals surface area (Å²) in [5.41, 5.74) is 12.0. The molecule has 0 radical (unpaired) electrons. The van der Waals surface area contributed by atoms with Crippen molar-refractivity contribution in [3.05, 3.63) is 78.9 Å². The van der Waals surface area contributed by atoms with Crippen molar-refractivity contribution in [2.24, 2.45) is 5.92 Å². The van der Waals surface area contributed by atoms with E-state index >= 15 is 0 Å². The van der Waals surface area contributed by atoms with Crippen molar-refractivity contribution in [3.8, 4) is 22.5 Å². The van der Waals surface area contributed by atoms with E-state index in [-0.39, 0.29) is 6.09 Å². The zero-order valence-corrected chi connectivity index (χ0v) is 21.3. The molecule has 0 aliphatic heterocycles. The van der Waals surface area contributed by atoms with Crippen LogP contribution in [0.4, 0.5) is 10.6 Å². The van der Waals surface area contributed by atoms with Gasteiger partial charge in [-0.15, -0.1) is 0 Å². The van der Waals surface area contributed by atoms with Gasteiger partial charge in [0, 0.05) is 41.4 Å². The van der Waals surface area contributed by atoms with Crippen LogP contribution >= 0.6 is 0 Å². The lowest BCUT2D eigenvalue weighted by Crippen LogP contribution is -2.31. The van der Waals surface area contributed by atoms with Crippen molar-refractivity contribution >= 4 is 28.3 Å². The van der Waals surface area contributed by atoms with E-state index in [0.29, 0.717) is 24.2 Å². The van der Waals surface area contributed by atoms with Gasteiger partial charge in [-0.2, -0.15) is 0 Å². The number of imidazole rings is 1. The Morgan fingerprint density at radius 1 is 1.03 bits per heavy atom. The Morgan fingerprint density at radius 2 is 1.82 bits per heavy atom. The molecular formula is C30H30N6O2. The number of nitrogens with one attached hydrogen (secondary N) is 1.